The summed E-state index contributed by atoms with van der Waals surface area (Å²) < 4.78 is 19.1. The van der Waals surface area contributed by atoms with Crippen LogP contribution in [0.3, 0.4) is 0 Å². The number of carbonyl (C=O) groups is 1. The molecule has 2 atom stereocenters. The Labute approximate surface area is 114 Å². The predicted molar refractivity (Wildman–Crippen MR) is 72.4 cm³/mol. The van der Waals surface area contributed by atoms with Gasteiger partial charge in [-0.3, -0.25) is 0 Å². The standard InChI is InChI=1S/C15H11FO2S/c16-12-9-5-4-8-11(12)13-14(19-15(17)18-13)10-6-2-1-3-7-10/h1-9,13-14H/t13-,14+/m1/s1. The van der Waals surface area contributed by atoms with Gasteiger partial charge in [0.15, 0.2) is 0 Å². The van der Waals surface area contributed by atoms with Gasteiger partial charge in [-0.05, 0) is 23.4 Å². The lowest BCUT2D eigenvalue weighted by Crippen LogP contribution is -2.07. The minimum Gasteiger partial charge on any atom is -0.448 e. The fourth-order valence-corrected chi connectivity index (χ4v) is 3.16. The first kappa shape index (κ1) is 12.2. The summed E-state index contributed by atoms with van der Waals surface area (Å²) in [4.78, 5) is 11.5. The van der Waals surface area contributed by atoms with Crippen molar-refractivity contribution in [1.29, 1.82) is 0 Å². The summed E-state index contributed by atoms with van der Waals surface area (Å²) in [7, 11) is 0. The fraction of sp³-hybridized carbons (Fsp3) is 0.133. The predicted octanol–water partition coefficient (Wildman–Crippen LogP) is 4.49. The molecule has 0 unspecified atom stereocenters. The summed E-state index contributed by atoms with van der Waals surface area (Å²) in [5.74, 6) is -0.344. The number of ether oxygens (including phenoxy) is 1. The lowest BCUT2D eigenvalue weighted by molar-refractivity contribution is 0.130. The summed E-state index contributed by atoms with van der Waals surface area (Å²) in [5.41, 5.74) is 1.39. The van der Waals surface area contributed by atoms with E-state index < -0.39 is 6.10 Å². The van der Waals surface area contributed by atoms with Crippen LogP contribution >= 0.6 is 11.8 Å². The Morgan fingerprint density at radius 3 is 2.42 bits per heavy atom. The maximum Gasteiger partial charge on any atom is 0.368 e. The number of thioether (sulfide) groups is 1. The molecule has 1 saturated heterocycles. The average molecular weight is 274 g/mol. The number of halogens is 1. The third-order valence-corrected chi connectivity index (χ3v) is 4.12. The molecular weight excluding hydrogens is 263 g/mol. The highest BCUT2D eigenvalue weighted by atomic mass is 32.2. The molecule has 19 heavy (non-hydrogen) atoms. The van der Waals surface area contributed by atoms with Gasteiger partial charge in [0, 0.05) is 5.56 Å². The molecule has 0 N–H and O–H groups in total. The largest absolute Gasteiger partial charge is 0.448 e. The van der Waals surface area contributed by atoms with Gasteiger partial charge in [-0.25, -0.2) is 9.18 Å². The van der Waals surface area contributed by atoms with Crippen molar-refractivity contribution in [3.63, 3.8) is 0 Å². The van der Waals surface area contributed by atoms with Gasteiger partial charge in [0.1, 0.15) is 11.9 Å². The second-order valence-corrected chi connectivity index (χ2v) is 5.34. The first-order valence-electron chi connectivity index (χ1n) is 5.92. The van der Waals surface area contributed by atoms with Crippen molar-refractivity contribution in [3.05, 3.63) is 71.5 Å². The lowest BCUT2D eigenvalue weighted by Gasteiger charge is -2.17. The van der Waals surface area contributed by atoms with Crippen molar-refractivity contribution < 1.29 is 13.9 Å². The summed E-state index contributed by atoms with van der Waals surface area (Å²) in [6, 6.07) is 16.0. The molecule has 1 fully saturated rings. The molecule has 0 bridgehead atoms. The van der Waals surface area contributed by atoms with E-state index in [0.29, 0.717) is 5.56 Å². The molecule has 2 aromatic carbocycles. The zero-order valence-electron chi connectivity index (χ0n) is 9.95. The van der Waals surface area contributed by atoms with Crippen molar-refractivity contribution in [2.45, 2.75) is 11.4 Å². The Bertz CT molecular complexity index is 600. The highest BCUT2D eigenvalue weighted by molar-refractivity contribution is 8.13. The summed E-state index contributed by atoms with van der Waals surface area (Å²) in [5, 5.41) is -0.562. The van der Waals surface area contributed by atoms with E-state index in [1.807, 2.05) is 30.3 Å². The Morgan fingerprint density at radius 1 is 1.00 bits per heavy atom. The number of hydrogen-bond acceptors (Lipinski definition) is 3. The molecule has 0 radical (unpaired) electrons. The molecule has 0 saturated carbocycles. The van der Waals surface area contributed by atoms with Gasteiger partial charge in [0.2, 0.25) is 0 Å². The molecule has 2 nitrogen and oxygen atoms in total. The third kappa shape index (κ3) is 2.36. The molecule has 1 aliphatic heterocycles. The molecule has 2 aromatic rings. The van der Waals surface area contributed by atoms with E-state index in [-0.39, 0.29) is 16.4 Å². The quantitative estimate of drug-likeness (QED) is 0.755. The van der Waals surface area contributed by atoms with Gasteiger partial charge in [0.05, 0.1) is 5.25 Å². The Kier molecular flexibility index (Phi) is 3.25. The molecule has 96 valence electrons. The van der Waals surface area contributed by atoms with Gasteiger partial charge in [0.25, 0.3) is 0 Å². The highest BCUT2D eigenvalue weighted by Crippen LogP contribution is 2.49. The molecule has 0 spiro atoms. The van der Waals surface area contributed by atoms with Crippen LogP contribution in [0.25, 0.3) is 0 Å². The van der Waals surface area contributed by atoms with Crippen LogP contribution in [0, 0.1) is 5.82 Å². The van der Waals surface area contributed by atoms with Crippen molar-refractivity contribution in [1.82, 2.24) is 0 Å². The maximum atomic E-state index is 13.9. The van der Waals surface area contributed by atoms with Crippen molar-refractivity contribution in [3.8, 4) is 0 Å². The van der Waals surface area contributed by atoms with Crippen LogP contribution in [-0.2, 0) is 4.74 Å². The topological polar surface area (TPSA) is 26.3 Å². The molecule has 0 aliphatic carbocycles. The van der Waals surface area contributed by atoms with E-state index >= 15 is 0 Å². The summed E-state index contributed by atoms with van der Waals surface area (Å²) in [6.07, 6.45) is -0.568. The molecule has 0 amide bonds. The molecule has 4 heteroatoms. The molecule has 1 aliphatic rings. The number of rotatable bonds is 2. The van der Waals surface area contributed by atoms with E-state index in [1.54, 1.807) is 18.2 Å². The number of carbonyl (C=O) groups excluding carboxylic acids is 1. The van der Waals surface area contributed by atoms with Crippen molar-refractivity contribution >= 4 is 17.1 Å². The van der Waals surface area contributed by atoms with Crippen LogP contribution < -0.4 is 0 Å². The summed E-state index contributed by atoms with van der Waals surface area (Å²) >= 11 is 1.10. The zero-order valence-corrected chi connectivity index (χ0v) is 10.8. The fourth-order valence-electron chi connectivity index (χ4n) is 2.18. The minimum atomic E-state index is -0.568. The van der Waals surface area contributed by atoms with Crippen LogP contribution in [-0.4, -0.2) is 5.30 Å². The van der Waals surface area contributed by atoms with E-state index in [1.165, 1.54) is 6.07 Å². The number of cyclic esters (lactones) is 1. The monoisotopic (exact) mass is 274 g/mol. The minimum absolute atomic E-state index is 0.203. The molecule has 1 heterocycles. The first-order valence-corrected chi connectivity index (χ1v) is 6.80. The highest BCUT2D eigenvalue weighted by Gasteiger charge is 2.39. The number of hydrogen-bond donors (Lipinski definition) is 0. The second-order valence-electron chi connectivity index (χ2n) is 4.26. The molecule has 3 rings (SSSR count). The average Bonchev–Trinajstić information content (AvgIpc) is 2.82. The summed E-state index contributed by atoms with van der Waals surface area (Å²) in [6.45, 7) is 0. The van der Waals surface area contributed by atoms with Crippen LogP contribution in [0.2, 0.25) is 0 Å². The zero-order chi connectivity index (χ0) is 13.2. The number of benzene rings is 2. The van der Waals surface area contributed by atoms with E-state index in [4.69, 9.17) is 4.74 Å². The van der Waals surface area contributed by atoms with E-state index in [0.717, 1.165) is 17.3 Å². The van der Waals surface area contributed by atoms with E-state index in [2.05, 4.69) is 0 Å². The van der Waals surface area contributed by atoms with Gasteiger partial charge >= 0.3 is 5.30 Å². The first-order chi connectivity index (χ1) is 9.25. The molecule has 0 aromatic heterocycles. The van der Waals surface area contributed by atoms with Gasteiger partial charge in [-0.15, -0.1) is 0 Å². The SMILES string of the molecule is O=C1O[C@H](c2ccccc2F)[C@H](c2ccccc2)S1. The second kappa shape index (κ2) is 5.05. The van der Waals surface area contributed by atoms with Gasteiger partial charge < -0.3 is 4.74 Å². The van der Waals surface area contributed by atoms with Crippen LogP contribution in [0.15, 0.2) is 54.6 Å². The van der Waals surface area contributed by atoms with Crippen LogP contribution in [0.4, 0.5) is 9.18 Å². The Hall–Kier alpha value is -1.81. The van der Waals surface area contributed by atoms with E-state index in [9.17, 15) is 9.18 Å². The Morgan fingerprint density at radius 2 is 1.68 bits per heavy atom. The third-order valence-electron chi connectivity index (χ3n) is 3.06. The van der Waals surface area contributed by atoms with Crippen molar-refractivity contribution in [2.24, 2.45) is 0 Å². The van der Waals surface area contributed by atoms with Crippen molar-refractivity contribution in [2.75, 3.05) is 0 Å². The van der Waals surface area contributed by atoms with Gasteiger partial charge in [-0.1, -0.05) is 48.5 Å². The maximum absolute atomic E-state index is 13.9. The molecular formula is C15H11FO2S. The smallest absolute Gasteiger partial charge is 0.368 e. The van der Waals surface area contributed by atoms with Gasteiger partial charge in [-0.2, -0.15) is 0 Å². The normalized spacial score (nSPS) is 22.3. The Balaban J connectivity index is 2.00. The lowest BCUT2D eigenvalue weighted by atomic mass is 10.0. The van der Waals surface area contributed by atoms with Crippen LogP contribution in [0.5, 0.6) is 0 Å². The van der Waals surface area contributed by atoms with Crippen LogP contribution in [0.1, 0.15) is 22.5 Å².